The first-order valence-corrected chi connectivity index (χ1v) is 9.09. The van der Waals surface area contributed by atoms with Gasteiger partial charge < -0.3 is 19.7 Å². The van der Waals surface area contributed by atoms with Gasteiger partial charge in [-0.1, -0.05) is 13.0 Å². The molecule has 5 nitrogen and oxygen atoms in total. The van der Waals surface area contributed by atoms with Crippen molar-refractivity contribution in [2.75, 3.05) is 32.8 Å². The van der Waals surface area contributed by atoms with Gasteiger partial charge in [0.25, 0.3) is 0 Å². The van der Waals surface area contributed by atoms with Crippen LogP contribution in [0.25, 0.3) is 0 Å². The lowest BCUT2D eigenvalue weighted by atomic mass is 10.00. The number of piperidine rings is 1. The van der Waals surface area contributed by atoms with E-state index in [0.717, 1.165) is 49.5 Å². The molecule has 1 fully saturated rings. The minimum Gasteiger partial charge on any atom is -0.490 e. The van der Waals surface area contributed by atoms with E-state index < -0.39 is 0 Å². The Hall–Kier alpha value is -1.75. The van der Waals surface area contributed by atoms with E-state index in [4.69, 9.17) is 9.47 Å². The Morgan fingerprint density at radius 1 is 1.25 bits per heavy atom. The van der Waals surface area contributed by atoms with E-state index in [1.54, 1.807) is 0 Å². The van der Waals surface area contributed by atoms with Gasteiger partial charge in [-0.3, -0.25) is 4.79 Å². The Kier molecular flexibility index (Phi) is 5.96. The summed E-state index contributed by atoms with van der Waals surface area (Å²) < 4.78 is 11.4. The Morgan fingerprint density at radius 2 is 2.08 bits per heavy atom. The molecule has 1 saturated heterocycles. The second-order valence-electron chi connectivity index (χ2n) is 6.85. The molecule has 0 saturated carbocycles. The van der Waals surface area contributed by atoms with Crippen LogP contribution >= 0.6 is 0 Å². The van der Waals surface area contributed by atoms with E-state index in [2.05, 4.69) is 18.3 Å². The quantitative estimate of drug-likeness (QED) is 0.842. The number of nitrogens with one attached hydrogen (secondary N) is 1. The van der Waals surface area contributed by atoms with Gasteiger partial charge in [-0.05, 0) is 36.5 Å². The molecule has 1 aromatic carbocycles. The SMILES string of the molecule is C[C@H]1CCCN(C(=O)CCNCc2ccc3c(c2)OCCCO3)C1. The molecule has 24 heavy (non-hydrogen) atoms. The highest BCUT2D eigenvalue weighted by Gasteiger charge is 2.20. The monoisotopic (exact) mass is 332 g/mol. The topological polar surface area (TPSA) is 50.8 Å². The molecule has 0 radical (unpaired) electrons. The number of amides is 1. The second-order valence-corrected chi connectivity index (χ2v) is 6.85. The lowest BCUT2D eigenvalue weighted by molar-refractivity contribution is -0.132. The Balaban J connectivity index is 1.41. The number of ether oxygens (including phenoxy) is 2. The molecule has 132 valence electrons. The van der Waals surface area contributed by atoms with Crippen LogP contribution in [-0.4, -0.2) is 43.7 Å². The third-order valence-electron chi connectivity index (χ3n) is 4.67. The molecule has 1 aromatic rings. The summed E-state index contributed by atoms with van der Waals surface area (Å²) in [5.74, 6) is 2.56. The minimum atomic E-state index is 0.271. The predicted octanol–water partition coefficient (Wildman–Crippen LogP) is 2.59. The normalized spacial score (nSPS) is 20.5. The fourth-order valence-corrected chi connectivity index (χ4v) is 3.32. The molecule has 2 aliphatic heterocycles. The zero-order valence-corrected chi connectivity index (χ0v) is 14.6. The minimum absolute atomic E-state index is 0.271. The molecule has 0 bridgehead atoms. The van der Waals surface area contributed by atoms with Crippen LogP contribution in [0.4, 0.5) is 0 Å². The van der Waals surface area contributed by atoms with Crippen molar-refractivity contribution in [1.29, 1.82) is 0 Å². The second kappa shape index (κ2) is 8.38. The third-order valence-corrected chi connectivity index (χ3v) is 4.67. The Bertz CT molecular complexity index is 562. The van der Waals surface area contributed by atoms with Gasteiger partial charge in [0.2, 0.25) is 5.91 Å². The number of nitrogens with zero attached hydrogens (tertiary/aromatic N) is 1. The van der Waals surface area contributed by atoms with Crippen molar-refractivity contribution in [2.45, 2.75) is 39.2 Å². The fourth-order valence-electron chi connectivity index (χ4n) is 3.32. The number of fused-ring (bicyclic) bond motifs is 1. The van der Waals surface area contributed by atoms with E-state index >= 15 is 0 Å². The molecule has 0 unspecified atom stereocenters. The predicted molar refractivity (Wildman–Crippen MR) is 93.4 cm³/mol. The average molecular weight is 332 g/mol. The van der Waals surface area contributed by atoms with E-state index in [1.807, 2.05) is 17.0 Å². The van der Waals surface area contributed by atoms with Crippen LogP contribution in [0.3, 0.4) is 0 Å². The van der Waals surface area contributed by atoms with Crippen LogP contribution < -0.4 is 14.8 Å². The highest BCUT2D eigenvalue weighted by atomic mass is 16.5. The summed E-state index contributed by atoms with van der Waals surface area (Å²) in [4.78, 5) is 14.3. The third kappa shape index (κ3) is 4.63. The maximum absolute atomic E-state index is 12.2. The van der Waals surface area contributed by atoms with Gasteiger partial charge in [0, 0.05) is 39.0 Å². The zero-order valence-electron chi connectivity index (χ0n) is 14.6. The van der Waals surface area contributed by atoms with Crippen molar-refractivity contribution in [2.24, 2.45) is 5.92 Å². The van der Waals surface area contributed by atoms with Crippen molar-refractivity contribution in [3.8, 4) is 11.5 Å². The van der Waals surface area contributed by atoms with Crippen LogP contribution in [-0.2, 0) is 11.3 Å². The fraction of sp³-hybridized carbons (Fsp3) is 0.632. The highest BCUT2D eigenvalue weighted by molar-refractivity contribution is 5.76. The maximum atomic E-state index is 12.2. The van der Waals surface area contributed by atoms with Crippen molar-refractivity contribution in [3.63, 3.8) is 0 Å². The summed E-state index contributed by atoms with van der Waals surface area (Å²) in [6, 6.07) is 6.05. The standard InChI is InChI=1S/C19H28N2O3/c1-15-4-2-9-21(14-15)19(22)7-8-20-13-16-5-6-17-18(12-16)24-11-3-10-23-17/h5-6,12,15,20H,2-4,7-11,13-14H2,1H3/t15-/m0/s1. The van der Waals surface area contributed by atoms with E-state index in [0.29, 0.717) is 32.1 Å². The first-order valence-electron chi connectivity index (χ1n) is 9.09. The van der Waals surface area contributed by atoms with Gasteiger partial charge in [-0.15, -0.1) is 0 Å². The van der Waals surface area contributed by atoms with Gasteiger partial charge in [-0.2, -0.15) is 0 Å². The van der Waals surface area contributed by atoms with E-state index in [1.165, 1.54) is 6.42 Å². The van der Waals surface area contributed by atoms with E-state index in [9.17, 15) is 4.79 Å². The average Bonchev–Trinajstić information content (AvgIpc) is 2.83. The molecule has 3 rings (SSSR count). The number of carbonyl (C=O) groups excluding carboxylic acids is 1. The van der Waals surface area contributed by atoms with Gasteiger partial charge in [0.1, 0.15) is 0 Å². The van der Waals surface area contributed by atoms with Crippen LogP contribution in [0.2, 0.25) is 0 Å². The molecule has 1 atom stereocenters. The van der Waals surface area contributed by atoms with Crippen LogP contribution in [0.5, 0.6) is 11.5 Å². The number of benzene rings is 1. The van der Waals surface area contributed by atoms with Crippen LogP contribution in [0, 0.1) is 5.92 Å². The van der Waals surface area contributed by atoms with E-state index in [-0.39, 0.29) is 5.91 Å². The van der Waals surface area contributed by atoms with Gasteiger partial charge in [0.15, 0.2) is 11.5 Å². The Labute approximate surface area is 144 Å². The molecular weight excluding hydrogens is 304 g/mol. The largest absolute Gasteiger partial charge is 0.490 e. The van der Waals surface area contributed by atoms with Crippen molar-refractivity contribution >= 4 is 5.91 Å². The summed E-state index contributed by atoms with van der Waals surface area (Å²) >= 11 is 0. The molecular formula is C19H28N2O3. The Morgan fingerprint density at radius 3 is 2.92 bits per heavy atom. The highest BCUT2D eigenvalue weighted by Crippen LogP contribution is 2.30. The first kappa shape index (κ1) is 17.1. The summed E-state index contributed by atoms with van der Waals surface area (Å²) in [6.45, 7) is 6.92. The number of hydrogen-bond donors (Lipinski definition) is 1. The number of carbonyl (C=O) groups is 1. The summed E-state index contributed by atoms with van der Waals surface area (Å²) in [7, 11) is 0. The van der Waals surface area contributed by atoms with Gasteiger partial charge in [-0.25, -0.2) is 0 Å². The molecule has 2 aliphatic rings. The molecule has 0 aliphatic carbocycles. The molecule has 0 aromatic heterocycles. The number of rotatable bonds is 5. The van der Waals surface area contributed by atoms with Crippen LogP contribution in [0.15, 0.2) is 18.2 Å². The lowest BCUT2D eigenvalue weighted by Crippen LogP contribution is -2.40. The maximum Gasteiger partial charge on any atom is 0.223 e. The van der Waals surface area contributed by atoms with Crippen molar-refractivity contribution in [3.05, 3.63) is 23.8 Å². The van der Waals surface area contributed by atoms with Gasteiger partial charge >= 0.3 is 0 Å². The smallest absolute Gasteiger partial charge is 0.223 e. The zero-order chi connectivity index (χ0) is 16.8. The number of likely N-dealkylation sites (tertiary alicyclic amines) is 1. The van der Waals surface area contributed by atoms with Gasteiger partial charge in [0.05, 0.1) is 13.2 Å². The number of hydrogen-bond acceptors (Lipinski definition) is 4. The molecule has 1 amide bonds. The molecule has 0 spiro atoms. The van der Waals surface area contributed by atoms with Crippen LogP contribution in [0.1, 0.15) is 38.2 Å². The van der Waals surface area contributed by atoms with Crippen molar-refractivity contribution < 1.29 is 14.3 Å². The molecule has 2 heterocycles. The summed E-state index contributed by atoms with van der Waals surface area (Å²) in [6.07, 6.45) is 3.86. The lowest BCUT2D eigenvalue weighted by Gasteiger charge is -2.31. The molecule has 1 N–H and O–H groups in total. The van der Waals surface area contributed by atoms with Crippen molar-refractivity contribution in [1.82, 2.24) is 10.2 Å². The summed E-state index contributed by atoms with van der Waals surface area (Å²) in [5.41, 5.74) is 1.15. The first-order chi connectivity index (χ1) is 11.7. The molecule has 5 heteroatoms. The summed E-state index contributed by atoms with van der Waals surface area (Å²) in [5, 5.41) is 3.36.